The van der Waals surface area contributed by atoms with E-state index in [1.54, 1.807) is 0 Å². The second kappa shape index (κ2) is 6.44. The molecule has 1 N–H and O–H groups in total. The lowest BCUT2D eigenvalue weighted by Crippen LogP contribution is -2.36. The van der Waals surface area contributed by atoms with Crippen molar-refractivity contribution in [3.8, 4) is 5.75 Å². The number of nitrogens with one attached hydrogen (secondary N) is 1. The van der Waals surface area contributed by atoms with Crippen molar-refractivity contribution in [3.05, 3.63) is 29.8 Å². The number of hydrogen-bond donors (Lipinski definition) is 1. The van der Waals surface area contributed by atoms with E-state index in [1.165, 1.54) is 5.56 Å². The summed E-state index contributed by atoms with van der Waals surface area (Å²) >= 11 is 5.89. The summed E-state index contributed by atoms with van der Waals surface area (Å²) < 4.78 is 5.68. The standard InChI is InChI=1S/C15H22ClNO/c1-11(9-16)12(2)17-10-13-7-8-18-15-6-4-3-5-14(13)15/h3-6,11-13,17H,7-10H2,1-2H3. The third kappa shape index (κ3) is 3.18. The Morgan fingerprint density at radius 3 is 2.94 bits per heavy atom. The summed E-state index contributed by atoms with van der Waals surface area (Å²) in [5, 5.41) is 3.60. The zero-order chi connectivity index (χ0) is 13.0. The Kier molecular flexibility index (Phi) is 4.90. The van der Waals surface area contributed by atoms with Gasteiger partial charge in [-0.15, -0.1) is 11.6 Å². The van der Waals surface area contributed by atoms with E-state index in [9.17, 15) is 0 Å². The molecule has 1 heterocycles. The Hall–Kier alpha value is -0.730. The Balaban J connectivity index is 1.95. The molecule has 0 aromatic heterocycles. The van der Waals surface area contributed by atoms with Gasteiger partial charge in [-0.25, -0.2) is 0 Å². The third-order valence-electron chi connectivity index (χ3n) is 3.87. The molecule has 0 bridgehead atoms. The average Bonchev–Trinajstić information content (AvgIpc) is 2.43. The highest BCUT2D eigenvalue weighted by molar-refractivity contribution is 6.18. The van der Waals surface area contributed by atoms with Gasteiger partial charge in [0.25, 0.3) is 0 Å². The van der Waals surface area contributed by atoms with E-state index in [-0.39, 0.29) is 0 Å². The Morgan fingerprint density at radius 2 is 2.17 bits per heavy atom. The second-order valence-corrected chi connectivity index (χ2v) is 5.51. The molecule has 0 amide bonds. The third-order valence-corrected chi connectivity index (χ3v) is 4.35. The predicted octanol–water partition coefficient (Wildman–Crippen LogP) is 3.41. The van der Waals surface area contributed by atoms with E-state index >= 15 is 0 Å². The quantitative estimate of drug-likeness (QED) is 0.826. The van der Waals surface area contributed by atoms with Crippen LogP contribution in [0.4, 0.5) is 0 Å². The van der Waals surface area contributed by atoms with Crippen LogP contribution in [-0.2, 0) is 0 Å². The monoisotopic (exact) mass is 267 g/mol. The number of fused-ring (bicyclic) bond motifs is 1. The van der Waals surface area contributed by atoms with Crippen molar-refractivity contribution in [2.75, 3.05) is 19.0 Å². The smallest absolute Gasteiger partial charge is 0.122 e. The van der Waals surface area contributed by atoms with Gasteiger partial charge in [-0.05, 0) is 30.9 Å². The lowest BCUT2D eigenvalue weighted by molar-refractivity contribution is 0.260. The van der Waals surface area contributed by atoms with Crippen LogP contribution in [-0.4, -0.2) is 25.1 Å². The van der Waals surface area contributed by atoms with Gasteiger partial charge in [-0.1, -0.05) is 25.1 Å². The van der Waals surface area contributed by atoms with Crippen LogP contribution in [0.25, 0.3) is 0 Å². The second-order valence-electron chi connectivity index (χ2n) is 5.20. The average molecular weight is 268 g/mol. The van der Waals surface area contributed by atoms with E-state index in [4.69, 9.17) is 16.3 Å². The first-order chi connectivity index (χ1) is 8.72. The molecule has 0 aliphatic carbocycles. The fourth-order valence-electron chi connectivity index (χ4n) is 2.29. The highest BCUT2D eigenvalue weighted by Crippen LogP contribution is 2.32. The molecule has 0 saturated heterocycles. The minimum Gasteiger partial charge on any atom is -0.493 e. The Labute approximate surface area is 115 Å². The van der Waals surface area contributed by atoms with Gasteiger partial charge in [0.1, 0.15) is 5.75 Å². The first-order valence-corrected chi connectivity index (χ1v) is 7.27. The summed E-state index contributed by atoms with van der Waals surface area (Å²) in [5.41, 5.74) is 1.34. The summed E-state index contributed by atoms with van der Waals surface area (Å²) in [6.07, 6.45) is 1.09. The molecule has 2 rings (SSSR count). The largest absolute Gasteiger partial charge is 0.493 e. The lowest BCUT2D eigenvalue weighted by atomic mass is 9.92. The van der Waals surface area contributed by atoms with Crippen LogP contribution >= 0.6 is 11.6 Å². The topological polar surface area (TPSA) is 21.3 Å². The molecule has 0 saturated carbocycles. The first-order valence-electron chi connectivity index (χ1n) is 6.73. The molecule has 3 heteroatoms. The van der Waals surface area contributed by atoms with Crippen LogP contribution in [0.3, 0.4) is 0 Å². The van der Waals surface area contributed by atoms with Crippen LogP contribution < -0.4 is 10.1 Å². The number of halogens is 1. The van der Waals surface area contributed by atoms with E-state index in [0.717, 1.165) is 25.3 Å². The first kappa shape index (κ1) is 13.7. The van der Waals surface area contributed by atoms with Gasteiger partial charge in [0, 0.05) is 24.4 Å². The highest BCUT2D eigenvalue weighted by atomic mass is 35.5. The molecule has 1 aromatic carbocycles. The normalized spacial score (nSPS) is 21.8. The lowest BCUT2D eigenvalue weighted by Gasteiger charge is -2.28. The van der Waals surface area contributed by atoms with Crippen molar-refractivity contribution in [3.63, 3.8) is 0 Å². The van der Waals surface area contributed by atoms with Gasteiger partial charge in [0.05, 0.1) is 6.61 Å². The van der Waals surface area contributed by atoms with Gasteiger partial charge >= 0.3 is 0 Å². The van der Waals surface area contributed by atoms with E-state index < -0.39 is 0 Å². The molecule has 1 aromatic rings. The molecule has 1 aliphatic rings. The summed E-state index contributed by atoms with van der Waals surface area (Å²) in [4.78, 5) is 0. The van der Waals surface area contributed by atoms with E-state index in [1.807, 2.05) is 6.07 Å². The van der Waals surface area contributed by atoms with E-state index in [0.29, 0.717) is 23.8 Å². The Morgan fingerprint density at radius 1 is 1.39 bits per heavy atom. The number of hydrogen-bond acceptors (Lipinski definition) is 2. The van der Waals surface area contributed by atoms with Crippen molar-refractivity contribution in [1.82, 2.24) is 5.32 Å². The summed E-state index contributed by atoms with van der Waals surface area (Å²) in [6, 6.07) is 8.82. The summed E-state index contributed by atoms with van der Waals surface area (Å²) in [6.45, 7) is 6.21. The van der Waals surface area contributed by atoms with Gasteiger partial charge < -0.3 is 10.1 Å². The Bertz CT molecular complexity index is 383. The molecule has 0 radical (unpaired) electrons. The van der Waals surface area contributed by atoms with Crippen LogP contribution in [0.15, 0.2) is 24.3 Å². The van der Waals surface area contributed by atoms with Crippen LogP contribution in [0.1, 0.15) is 31.7 Å². The van der Waals surface area contributed by atoms with Crippen LogP contribution in [0.5, 0.6) is 5.75 Å². The zero-order valence-corrected chi connectivity index (χ0v) is 11.9. The molecule has 0 fully saturated rings. The van der Waals surface area contributed by atoms with Crippen LogP contribution in [0.2, 0.25) is 0 Å². The number of benzene rings is 1. The maximum atomic E-state index is 5.89. The molecule has 3 atom stereocenters. The minimum absolute atomic E-state index is 0.456. The van der Waals surface area contributed by atoms with Gasteiger partial charge in [-0.2, -0.15) is 0 Å². The summed E-state index contributed by atoms with van der Waals surface area (Å²) in [7, 11) is 0. The SMILES string of the molecule is CC(CCl)C(C)NCC1CCOc2ccccc21. The number of rotatable bonds is 5. The van der Waals surface area contributed by atoms with E-state index in [2.05, 4.69) is 37.4 Å². The van der Waals surface area contributed by atoms with Crippen molar-refractivity contribution in [2.45, 2.75) is 32.2 Å². The molecule has 2 nitrogen and oxygen atoms in total. The predicted molar refractivity (Wildman–Crippen MR) is 76.6 cm³/mol. The number of para-hydroxylation sites is 1. The fraction of sp³-hybridized carbons (Fsp3) is 0.600. The van der Waals surface area contributed by atoms with Crippen molar-refractivity contribution < 1.29 is 4.74 Å². The molecule has 1 aliphatic heterocycles. The number of ether oxygens (including phenoxy) is 1. The molecule has 0 spiro atoms. The molecular formula is C15H22ClNO. The molecule has 18 heavy (non-hydrogen) atoms. The minimum atomic E-state index is 0.456. The van der Waals surface area contributed by atoms with Gasteiger partial charge in [0.2, 0.25) is 0 Å². The zero-order valence-electron chi connectivity index (χ0n) is 11.2. The van der Waals surface area contributed by atoms with Gasteiger partial charge in [-0.3, -0.25) is 0 Å². The highest BCUT2D eigenvalue weighted by Gasteiger charge is 2.21. The molecule has 100 valence electrons. The van der Waals surface area contributed by atoms with Gasteiger partial charge in [0.15, 0.2) is 0 Å². The van der Waals surface area contributed by atoms with Crippen molar-refractivity contribution >= 4 is 11.6 Å². The molecule has 3 unspecified atom stereocenters. The fourth-order valence-corrected chi connectivity index (χ4v) is 2.56. The number of alkyl halides is 1. The maximum absolute atomic E-state index is 5.89. The molecular weight excluding hydrogens is 246 g/mol. The van der Waals surface area contributed by atoms with Crippen LogP contribution in [0, 0.1) is 5.92 Å². The van der Waals surface area contributed by atoms with Crippen molar-refractivity contribution in [1.29, 1.82) is 0 Å². The summed E-state index contributed by atoms with van der Waals surface area (Å²) in [5.74, 6) is 2.81. The maximum Gasteiger partial charge on any atom is 0.122 e. The van der Waals surface area contributed by atoms with Crippen molar-refractivity contribution in [2.24, 2.45) is 5.92 Å².